The smallest absolute Gasteiger partial charge is 0.0978 e. The van der Waals surface area contributed by atoms with E-state index in [1.54, 1.807) is 0 Å². The average Bonchev–Trinajstić information content (AvgIpc) is 1.64. The van der Waals surface area contributed by atoms with Gasteiger partial charge in [-0.3, -0.25) is 0 Å². The highest BCUT2D eigenvalue weighted by atomic mass is 127. The van der Waals surface area contributed by atoms with Crippen LogP contribution in [0.3, 0.4) is 0 Å². The first kappa shape index (κ1) is 9.91. The molecule has 9 heavy (non-hydrogen) atoms. The normalized spacial score (nSPS) is 15.7. The Bertz CT molecular complexity index is 79.6. The van der Waals surface area contributed by atoms with Crippen molar-refractivity contribution in [1.82, 2.24) is 0 Å². The van der Waals surface area contributed by atoms with E-state index in [0.717, 1.165) is 4.61 Å². The molecule has 0 aliphatic carbocycles. The zero-order chi connectivity index (χ0) is 7.49. The van der Waals surface area contributed by atoms with Gasteiger partial charge in [-0.25, -0.2) is 0 Å². The molecule has 0 aromatic carbocycles. The quantitative estimate of drug-likeness (QED) is 0.429. The lowest BCUT2D eigenvalue weighted by atomic mass is 10.8. The lowest BCUT2D eigenvalue weighted by Crippen LogP contribution is -2.37. The largest absolute Gasteiger partial charge is 0.372 e. The summed E-state index contributed by atoms with van der Waals surface area (Å²) in [6.07, 6.45) is 0. The molecule has 0 aliphatic rings. The molecule has 0 aromatic heterocycles. The van der Waals surface area contributed by atoms with Crippen LogP contribution in [0.5, 0.6) is 0 Å². The molecule has 0 saturated heterocycles. The highest BCUT2D eigenvalue weighted by Crippen LogP contribution is 2.10. The molecular weight excluding hydrogens is 243 g/mol. The van der Waals surface area contributed by atoms with E-state index >= 15 is 0 Å². The summed E-state index contributed by atoms with van der Waals surface area (Å²) in [5.41, 5.74) is 0.495. The SMILES string of the molecule is CC(OCI)[Si](C)(C)C. The van der Waals surface area contributed by atoms with Crippen molar-refractivity contribution in [2.24, 2.45) is 0 Å². The van der Waals surface area contributed by atoms with Crippen LogP contribution in [0, 0.1) is 0 Å². The Hall–Kier alpha value is 0.907. The lowest BCUT2D eigenvalue weighted by molar-refractivity contribution is 0.165. The van der Waals surface area contributed by atoms with Crippen LogP contribution in [-0.4, -0.2) is 18.4 Å². The van der Waals surface area contributed by atoms with Crippen molar-refractivity contribution in [3.63, 3.8) is 0 Å². The van der Waals surface area contributed by atoms with E-state index in [4.69, 9.17) is 4.74 Å². The maximum Gasteiger partial charge on any atom is 0.0978 e. The van der Waals surface area contributed by atoms with E-state index in [2.05, 4.69) is 49.2 Å². The van der Waals surface area contributed by atoms with Crippen LogP contribution in [0.15, 0.2) is 0 Å². The number of ether oxygens (including phenoxy) is 1. The van der Waals surface area contributed by atoms with Crippen molar-refractivity contribution in [3.8, 4) is 0 Å². The second-order valence-corrected chi connectivity index (χ2v) is 9.45. The van der Waals surface area contributed by atoms with Crippen molar-refractivity contribution >= 4 is 30.7 Å². The molecular formula is C6H15IOSi. The van der Waals surface area contributed by atoms with Gasteiger partial charge >= 0.3 is 0 Å². The topological polar surface area (TPSA) is 9.23 Å². The molecule has 0 spiro atoms. The first-order valence-electron chi connectivity index (χ1n) is 3.16. The fourth-order valence-electron chi connectivity index (χ4n) is 0.344. The zero-order valence-corrected chi connectivity index (χ0v) is 9.73. The van der Waals surface area contributed by atoms with Crippen LogP contribution < -0.4 is 0 Å². The molecule has 0 aromatic rings. The van der Waals surface area contributed by atoms with Crippen LogP contribution >= 0.6 is 22.6 Å². The maximum atomic E-state index is 5.45. The van der Waals surface area contributed by atoms with Gasteiger partial charge in [-0.1, -0.05) is 42.2 Å². The Kier molecular flexibility index (Phi) is 4.32. The molecule has 0 heterocycles. The summed E-state index contributed by atoms with van der Waals surface area (Å²) in [4.78, 5) is 0. The lowest BCUT2D eigenvalue weighted by Gasteiger charge is -2.23. The van der Waals surface area contributed by atoms with Crippen molar-refractivity contribution in [2.75, 3.05) is 4.61 Å². The Labute approximate surface area is 72.3 Å². The van der Waals surface area contributed by atoms with Gasteiger partial charge in [-0.05, 0) is 6.92 Å². The first-order chi connectivity index (χ1) is 3.98. The fraction of sp³-hybridized carbons (Fsp3) is 1.00. The van der Waals surface area contributed by atoms with Gasteiger partial charge in [0.1, 0.15) is 0 Å². The summed E-state index contributed by atoms with van der Waals surface area (Å²) in [7, 11) is -1.01. The molecule has 0 rings (SSSR count). The highest BCUT2D eigenvalue weighted by molar-refractivity contribution is 14.1. The fourth-order valence-corrected chi connectivity index (χ4v) is 1.81. The predicted molar refractivity (Wildman–Crippen MR) is 52.8 cm³/mol. The van der Waals surface area contributed by atoms with E-state index in [1.165, 1.54) is 0 Å². The Morgan fingerprint density at radius 3 is 2.00 bits per heavy atom. The van der Waals surface area contributed by atoms with E-state index < -0.39 is 8.07 Å². The van der Waals surface area contributed by atoms with E-state index in [0.29, 0.717) is 5.73 Å². The third-order valence-electron chi connectivity index (χ3n) is 1.53. The van der Waals surface area contributed by atoms with Gasteiger partial charge in [0.2, 0.25) is 0 Å². The monoisotopic (exact) mass is 258 g/mol. The molecule has 3 heteroatoms. The molecule has 0 bridgehead atoms. The Balaban J connectivity index is 3.59. The van der Waals surface area contributed by atoms with Crippen LogP contribution in [0.4, 0.5) is 0 Å². The molecule has 1 unspecified atom stereocenters. The predicted octanol–water partition coefficient (Wildman–Crippen LogP) is 2.66. The summed E-state index contributed by atoms with van der Waals surface area (Å²) in [5, 5.41) is 0. The van der Waals surface area contributed by atoms with Gasteiger partial charge in [0.05, 0.1) is 12.7 Å². The second-order valence-electron chi connectivity index (χ2n) is 3.28. The first-order valence-corrected chi connectivity index (χ1v) is 8.26. The van der Waals surface area contributed by atoms with E-state index in [-0.39, 0.29) is 0 Å². The van der Waals surface area contributed by atoms with E-state index in [1.807, 2.05) is 0 Å². The van der Waals surface area contributed by atoms with Gasteiger partial charge < -0.3 is 4.74 Å². The van der Waals surface area contributed by atoms with Crippen LogP contribution in [0.1, 0.15) is 6.92 Å². The summed E-state index contributed by atoms with van der Waals surface area (Å²) < 4.78 is 6.28. The van der Waals surface area contributed by atoms with Gasteiger partial charge in [0.25, 0.3) is 0 Å². The number of rotatable bonds is 3. The Morgan fingerprint density at radius 2 is 1.89 bits per heavy atom. The van der Waals surface area contributed by atoms with Crippen LogP contribution in [0.25, 0.3) is 0 Å². The summed E-state index contributed by atoms with van der Waals surface area (Å²) in [5.74, 6) is 0. The third kappa shape index (κ3) is 4.33. The molecule has 1 nitrogen and oxygen atoms in total. The molecule has 0 fully saturated rings. The molecule has 1 atom stereocenters. The maximum absolute atomic E-state index is 5.45. The molecule has 0 aliphatic heterocycles. The van der Waals surface area contributed by atoms with Crippen molar-refractivity contribution in [2.45, 2.75) is 32.3 Å². The zero-order valence-electron chi connectivity index (χ0n) is 6.57. The highest BCUT2D eigenvalue weighted by Gasteiger charge is 2.22. The van der Waals surface area contributed by atoms with Crippen LogP contribution in [0.2, 0.25) is 19.6 Å². The van der Waals surface area contributed by atoms with Gasteiger partial charge in [0, 0.05) is 5.73 Å². The standard InChI is InChI=1S/C6H15IOSi/c1-6(8-5-7)9(2,3)4/h6H,5H2,1-4H3. The van der Waals surface area contributed by atoms with E-state index in [9.17, 15) is 0 Å². The summed E-state index contributed by atoms with van der Waals surface area (Å²) in [6.45, 7) is 9.14. The minimum atomic E-state index is -1.01. The minimum Gasteiger partial charge on any atom is -0.372 e. The van der Waals surface area contributed by atoms with Gasteiger partial charge in [-0.15, -0.1) is 0 Å². The molecule has 56 valence electrons. The van der Waals surface area contributed by atoms with Gasteiger partial charge in [-0.2, -0.15) is 0 Å². The Morgan fingerprint density at radius 1 is 1.44 bits per heavy atom. The number of alkyl halides is 1. The van der Waals surface area contributed by atoms with Crippen molar-refractivity contribution in [1.29, 1.82) is 0 Å². The number of halogens is 1. The minimum absolute atomic E-state index is 0.495. The van der Waals surface area contributed by atoms with Crippen molar-refractivity contribution in [3.05, 3.63) is 0 Å². The molecule has 0 radical (unpaired) electrons. The van der Waals surface area contributed by atoms with Crippen LogP contribution in [-0.2, 0) is 4.74 Å². The second kappa shape index (κ2) is 3.93. The summed E-state index contributed by atoms with van der Waals surface area (Å²) in [6, 6.07) is 0. The third-order valence-corrected chi connectivity index (χ3v) is 4.50. The van der Waals surface area contributed by atoms with Crippen molar-refractivity contribution < 1.29 is 4.74 Å². The summed E-state index contributed by atoms with van der Waals surface area (Å²) >= 11 is 2.24. The van der Waals surface area contributed by atoms with Gasteiger partial charge in [0.15, 0.2) is 0 Å². The molecule has 0 saturated carbocycles. The average molecular weight is 258 g/mol. The molecule has 0 N–H and O–H groups in total. The number of hydrogen-bond donors (Lipinski definition) is 0. The number of hydrogen-bond acceptors (Lipinski definition) is 1. The molecule has 0 amide bonds.